The van der Waals surface area contributed by atoms with Gasteiger partial charge in [0.2, 0.25) is 0 Å². The van der Waals surface area contributed by atoms with Gasteiger partial charge in [0.05, 0.1) is 12.7 Å². The number of hydrogen-bond donors (Lipinski definition) is 2. The van der Waals surface area contributed by atoms with E-state index in [0.717, 1.165) is 18.8 Å². The van der Waals surface area contributed by atoms with E-state index >= 15 is 0 Å². The standard InChI is InChI=1S/C20H32O2/c1-13-4-3-5-14-6-7-15-16-8-9-18(22)19(16,2)11-10-17(15)20(13,14)12-21/h5,13,15-18,21-22H,3-4,6-12H2,1-2H3/t13?,15-,16-,17+,18?,19-,20-/m0/s1. The Balaban J connectivity index is 1.73. The van der Waals surface area contributed by atoms with Crippen LogP contribution in [-0.4, -0.2) is 22.9 Å². The fourth-order valence-electron chi connectivity index (χ4n) is 7.21. The fraction of sp³-hybridized carbons (Fsp3) is 0.900. The fourth-order valence-corrected chi connectivity index (χ4v) is 7.21. The largest absolute Gasteiger partial charge is 0.395 e. The first kappa shape index (κ1) is 15.2. The minimum absolute atomic E-state index is 0.0655. The average molecular weight is 304 g/mol. The van der Waals surface area contributed by atoms with E-state index in [4.69, 9.17) is 0 Å². The minimum Gasteiger partial charge on any atom is -0.395 e. The average Bonchev–Trinajstić information content (AvgIpc) is 2.83. The van der Waals surface area contributed by atoms with Crippen LogP contribution < -0.4 is 0 Å². The predicted octanol–water partition coefficient (Wildman–Crippen LogP) is 3.92. The summed E-state index contributed by atoms with van der Waals surface area (Å²) in [5.74, 6) is 2.67. The smallest absolute Gasteiger partial charge is 0.0596 e. The molecule has 0 amide bonds. The highest BCUT2D eigenvalue weighted by atomic mass is 16.3. The number of aliphatic hydroxyl groups excluding tert-OH is 2. The summed E-state index contributed by atoms with van der Waals surface area (Å²) < 4.78 is 0. The van der Waals surface area contributed by atoms with Crippen LogP contribution >= 0.6 is 0 Å². The molecule has 2 N–H and O–H groups in total. The van der Waals surface area contributed by atoms with Gasteiger partial charge in [-0.25, -0.2) is 0 Å². The summed E-state index contributed by atoms with van der Waals surface area (Å²) >= 11 is 0. The van der Waals surface area contributed by atoms with Gasteiger partial charge in [-0.15, -0.1) is 0 Å². The van der Waals surface area contributed by atoms with Crippen LogP contribution in [0.5, 0.6) is 0 Å². The van der Waals surface area contributed by atoms with E-state index in [2.05, 4.69) is 19.9 Å². The highest BCUT2D eigenvalue weighted by molar-refractivity contribution is 5.26. The third-order valence-electron chi connectivity index (χ3n) is 8.53. The van der Waals surface area contributed by atoms with Gasteiger partial charge in [-0.3, -0.25) is 0 Å². The maximum absolute atomic E-state index is 10.5. The molecule has 0 heterocycles. The Morgan fingerprint density at radius 3 is 2.73 bits per heavy atom. The zero-order valence-corrected chi connectivity index (χ0v) is 14.2. The van der Waals surface area contributed by atoms with Crippen molar-refractivity contribution in [1.29, 1.82) is 0 Å². The Bertz CT molecular complexity index is 484. The van der Waals surface area contributed by atoms with Crippen LogP contribution in [0.3, 0.4) is 0 Å². The van der Waals surface area contributed by atoms with Gasteiger partial charge in [0.25, 0.3) is 0 Å². The van der Waals surface area contributed by atoms with Crippen molar-refractivity contribution in [1.82, 2.24) is 0 Å². The summed E-state index contributed by atoms with van der Waals surface area (Å²) in [7, 11) is 0. The van der Waals surface area contributed by atoms with Gasteiger partial charge in [0.1, 0.15) is 0 Å². The van der Waals surface area contributed by atoms with Crippen LogP contribution in [0, 0.1) is 34.5 Å². The van der Waals surface area contributed by atoms with Crippen molar-refractivity contribution in [3.8, 4) is 0 Å². The normalized spacial score (nSPS) is 54.2. The molecule has 0 aromatic heterocycles. The Kier molecular flexibility index (Phi) is 3.51. The molecule has 0 radical (unpaired) electrons. The molecule has 0 aromatic rings. The summed E-state index contributed by atoms with van der Waals surface area (Å²) in [4.78, 5) is 0. The number of aliphatic hydroxyl groups is 2. The van der Waals surface area contributed by atoms with Crippen molar-refractivity contribution in [3.63, 3.8) is 0 Å². The van der Waals surface area contributed by atoms with Crippen molar-refractivity contribution in [2.24, 2.45) is 34.5 Å². The van der Waals surface area contributed by atoms with Crippen LogP contribution in [0.25, 0.3) is 0 Å². The first-order chi connectivity index (χ1) is 10.5. The third-order valence-corrected chi connectivity index (χ3v) is 8.53. The predicted molar refractivity (Wildman–Crippen MR) is 88.3 cm³/mol. The molecule has 2 unspecified atom stereocenters. The highest BCUT2D eigenvalue weighted by Gasteiger charge is 2.60. The van der Waals surface area contributed by atoms with Crippen LogP contribution in [0.4, 0.5) is 0 Å². The summed E-state index contributed by atoms with van der Waals surface area (Å²) in [5, 5.41) is 21.0. The van der Waals surface area contributed by atoms with Crippen molar-refractivity contribution in [2.45, 2.75) is 71.3 Å². The highest BCUT2D eigenvalue weighted by Crippen LogP contribution is 2.66. The molecule has 7 atom stereocenters. The Hall–Kier alpha value is -0.340. The molecule has 124 valence electrons. The lowest BCUT2D eigenvalue weighted by Gasteiger charge is -2.60. The van der Waals surface area contributed by atoms with E-state index in [1.54, 1.807) is 5.57 Å². The Labute approximate surface area is 135 Å². The topological polar surface area (TPSA) is 40.5 Å². The van der Waals surface area contributed by atoms with Gasteiger partial charge in [-0.2, -0.15) is 0 Å². The summed E-state index contributed by atoms with van der Waals surface area (Å²) in [6.07, 6.45) is 11.8. The van der Waals surface area contributed by atoms with E-state index in [0.29, 0.717) is 24.4 Å². The van der Waals surface area contributed by atoms with Crippen molar-refractivity contribution >= 4 is 0 Å². The van der Waals surface area contributed by atoms with Gasteiger partial charge in [-0.05, 0) is 80.5 Å². The lowest BCUT2D eigenvalue weighted by Crippen LogP contribution is -2.55. The maximum Gasteiger partial charge on any atom is 0.0596 e. The van der Waals surface area contributed by atoms with Crippen LogP contribution in [0.15, 0.2) is 11.6 Å². The second-order valence-electron chi connectivity index (χ2n) is 8.96. The zero-order chi connectivity index (χ0) is 15.5. The molecule has 3 fully saturated rings. The second-order valence-corrected chi connectivity index (χ2v) is 8.96. The van der Waals surface area contributed by atoms with Gasteiger partial charge in [-0.1, -0.05) is 25.5 Å². The molecule has 0 aromatic carbocycles. The SMILES string of the molecule is CC1CCC=C2CC[C@@H]3[C@@H](CC[C@]4(C)C(O)CC[C@@H]34)[C@]21CO. The first-order valence-corrected chi connectivity index (χ1v) is 9.52. The molecule has 0 bridgehead atoms. The van der Waals surface area contributed by atoms with Crippen LogP contribution in [0.2, 0.25) is 0 Å². The number of rotatable bonds is 1. The van der Waals surface area contributed by atoms with E-state index in [1.807, 2.05) is 0 Å². The lowest BCUT2D eigenvalue weighted by atomic mass is 9.45. The van der Waals surface area contributed by atoms with Gasteiger partial charge in [0, 0.05) is 5.41 Å². The molecule has 4 rings (SSSR count). The second kappa shape index (κ2) is 5.08. The zero-order valence-electron chi connectivity index (χ0n) is 14.2. The maximum atomic E-state index is 10.5. The third kappa shape index (κ3) is 1.74. The number of fused-ring (bicyclic) bond motifs is 5. The molecule has 4 aliphatic carbocycles. The quantitative estimate of drug-likeness (QED) is 0.721. The lowest BCUT2D eigenvalue weighted by molar-refractivity contribution is -0.105. The number of allylic oxidation sites excluding steroid dienone is 1. The van der Waals surface area contributed by atoms with Gasteiger partial charge >= 0.3 is 0 Å². The number of hydrogen-bond acceptors (Lipinski definition) is 2. The minimum atomic E-state index is -0.0933. The summed E-state index contributed by atoms with van der Waals surface area (Å²) in [6.45, 7) is 5.06. The van der Waals surface area contributed by atoms with Crippen LogP contribution in [0.1, 0.15) is 65.2 Å². The molecular weight excluding hydrogens is 272 g/mol. The molecule has 0 spiro atoms. The van der Waals surface area contributed by atoms with E-state index in [1.165, 1.54) is 38.5 Å². The summed E-state index contributed by atoms with van der Waals surface area (Å²) in [6, 6.07) is 0. The molecule has 4 aliphatic rings. The van der Waals surface area contributed by atoms with E-state index in [-0.39, 0.29) is 16.9 Å². The molecular formula is C20H32O2. The Morgan fingerprint density at radius 2 is 1.95 bits per heavy atom. The van der Waals surface area contributed by atoms with E-state index in [9.17, 15) is 10.2 Å². The van der Waals surface area contributed by atoms with E-state index < -0.39 is 0 Å². The molecule has 0 saturated heterocycles. The van der Waals surface area contributed by atoms with Gasteiger partial charge < -0.3 is 10.2 Å². The van der Waals surface area contributed by atoms with Gasteiger partial charge in [0.15, 0.2) is 0 Å². The molecule has 0 aliphatic heterocycles. The molecule has 2 nitrogen and oxygen atoms in total. The Morgan fingerprint density at radius 1 is 1.14 bits per heavy atom. The van der Waals surface area contributed by atoms with Crippen molar-refractivity contribution < 1.29 is 10.2 Å². The first-order valence-electron chi connectivity index (χ1n) is 9.52. The van der Waals surface area contributed by atoms with Crippen molar-refractivity contribution in [2.75, 3.05) is 6.61 Å². The van der Waals surface area contributed by atoms with Crippen LogP contribution in [-0.2, 0) is 0 Å². The molecule has 22 heavy (non-hydrogen) atoms. The summed E-state index contributed by atoms with van der Waals surface area (Å²) in [5.41, 5.74) is 1.80. The monoisotopic (exact) mass is 304 g/mol. The molecule has 2 heteroatoms. The molecule has 3 saturated carbocycles. The van der Waals surface area contributed by atoms with Crippen molar-refractivity contribution in [3.05, 3.63) is 11.6 Å².